The first-order valence-corrected chi connectivity index (χ1v) is 8.55. The fraction of sp³-hybridized carbons (Fsp3) is 0.400. The van der Waals surface area contributed by atoms with Gasteiger partial charge < -0.3 is 29.2 Å². The van der Waals surface area contributed by atoms with Crippen LogP contribution in [0.5, 0.6) is 23.0 Å². The second kappa shape index (κ2) is 6.37. The zero-order valence-electron chi connectivity index (χ0n) is 14.8. The number of benzene rings is 2. The van der Waals surface area contributed by atoms with E-state index in [1.807, 2.05) is 12.1 Å². The molecule has 0 unspecified atom stereocenters. The van der Waals surface area contributed by atoms with Crippen LogP contribution in [0.1, 0.15) is 17.2 Å². The normalized spacial score (nSPS) is 26.8. The molecule has 138 valence electrons. The van der Waals surface area contributed by atoms with E-state index in [1.165, 1.54) is 14.2 Å². The van der Waals surface area contributed by atoms with Gasteiger partial charge in [-0.2, -0.15) is 0 Å². The molecule has 0 saturated carbocycles. The van der Waals surface area contributed by atoms with Crippen molar-refractivity contribution >= 4 is 0 Å². The molecular formula is C20H22O6. The van der Waals surface area contributed by atoms with Crippen molar-refractivity contribution in [2.45, 2.75) is 18.1 Å². The number of rotatable bonds is 5. The lowest BCUT2D eigenvalue weighted by Gasteiger charge is -2.20. The summed E-state index contributed by atoms with van der Waals surface area (Å²) in [6.45, 7) is 1.20. The largest absolute Gasteiger partial charge is 0.504 e. The number of methoxy groups -OCH3 is 2. The first-order chi connectivity index (χ1) is 12.6. The van der Waals surface area contributed by atoms with Crippen molar-refractivity contribution in [1.82, 2.24) is 0 Å². The van der Waals surface area contributed by atoms with Crippen LogP contribution in [0, 0.1) is 5.92 Å². The van der Waals surface area contributed by atoms with Crippen LogP contribution in [0.25, 0.3) is 0 Å². The van der Waals surface area contributed by atoms with Gasteiger partial charge in [-0.15, -0.1) is 0 Å². The maximum Gasteiger partial charge on any atom is 0.160 e. The highest BCUT2D eigenvalue weighted by molar-refractivity contribution is 5.44. The number of epoxide rings is 1. The van der Waals surface area contributed by atoms with E-state index in [2.05, 4.69) is 0 Å². The standard InChI is InChI=1S/C20H22O6/c1-23-17-6-3-12(8-16(17)22)7-14-10-25-19(20(14)11-26-20)13-4-5-15(21)18(9-13)24-2/h3-6,8-9,14,19,21-22H,7,10-11H2,1-2H3/t14-,19-,20+/m1/s1. The molecule has 6 heteroatoms. The van der Waals surface area contributed by atoms with Crippen LogP contribution >= 0.6 is 0 Å². The summed E-state index contributed by atoms with van der Waals surface area (Å²) in [5.74, 6) is 1.30. The van der Waals surface area contributed by atoms with Gasteiger partial charge in [0.1, 0.15) is 11.7 Å². The van der Waals surface area contributed by atoms with Crippen molar-refractivity contribution in [3.63, 3.8) is 0 Å². The molecule has 26 heavy (non-hydrogen) atoms. The first-order valence-electron chi connectivity index (χ1n) is 8.55. The fourth-order valence-electron chi connectivity index (χ4n) is 3.79. The Balaban J connectivity index is 1.55. The van der Waals surface area contributed by atoms with Gasteiger partial charge in [0.25, 0.3) is 0 Å². The Hall–Kier alpha value is -2.44. The highest BCUT2D eigenvalue weighted by Gasteiger charge is 2.62. The third-order valence-electron chi connectivity index (χ3n) is 5.31. The predicted octanol–water partition coefficient (Wildman–Crippen LogP) is 2.81. The summed E-state index contributed by atoms with van der Waals surface area (Å²) >= 11 is 0. The van der Waals surface area contributed by atoms with Crippen LogP contribution in [0.15, 0.2) is 36.4 Å². The zero-order valence-corrected chi connectivity index (χ0v) is 14.8. The van der Waals surface area contributed by atoms with Gasteiger partial charge in [0.2, 0.25) is 0 Å². The molecule has 2 fully saturated rings. The van der Waals surface area contributed by atoms with Crippen molar-refractivity contribution < 1.29 is 29.2 Å². The molecule has 0 aliphatic carbocycles. The summed E-state index contributed by atoms with van der Waals surface area (Å²) in [7, 11) is 3.06. The predicted molar refractivity (Wildman–Crippen MR) is 93.9 cm³/mol. The summed E-state index contributed by atoms with van der Waals surface area (Å²) in [5.41, 5.74) is 1.57. The smallest absolute Gasteiger partial charge is 0.160 e. The molecule has 0 radical (unpaired) electrons. The number of phenols is 2. The molecule has 2 saturated heterocycles. The molecule has 1 spiro atoms. The van der Waals surface area contributed by atoms with Gasteiger partial charge in [-0.25, -0.2) is 0 Å². The maximum atomic E-state index is 10.00. The van der Waals surface area contributed by atoms with E-state index >= 15 is 0 Å². The second-order valence-electron chi connectivity index (χ2n) is 6.80. The molecule has 0 amide bonds. The van der Waals surface area contributed by atoms with E-state index in [9.17, 15) is 10.2 Å². The van der Waals surface area contributed by atoms with Crippen LogP contribution < -0.4 is 9.47 Å². The quantitative estimate of drug-likeness (QED) is 0.800. The lowest BCUT2D eigenvalue weighted by molar-refractivity contribution is 0.0758. The van der Waals surface area contributed by atoms with Crippen LogP contribution in [0.3, 0.4) is 0 Å². The third-order valence-corrected chi connectivity index (χ3v) is 5.31. The van der Waals surface area contributed by atoms with Crippen LogP contribution in [0.2, 0.25) is 0 Å². The fourth-order valence-corrected chi connectivity index (χ4v) is 3.79. The summed E-state index contributed by atoms with van der Waals surface area (Å²) in [5, 5.41) is 19.8. The van der Waals surface area contributed by atoms with Gasteiger partial charge in [0.05, 0.1) is 27.4 Å². The topological polar surface area (TPSA) is 80.7 Å². The third kappa shape index (κ3) is 2.75. The molecule has 2 aliphatic heterocycles. The Bertz CT molecular complexity index is 814. The molecule has 0 bridgehead atoms. The van der Waals surface area contributed by atoms with Crippen LogP contribution in [-0.2, 0) is 15.9 Å². The van der Waals surface area contributed by atoms with Crippen molar-refractivity contribution in [3.05, 3.63) is 47.5 Å². The van der Waals surface area contributed by atoms with Gasteiger partial charge in [-0.1, -0.05) is 12.1 Å². The highest BCUT2D eigenvalue weighted by Crippen LogP contribution is 2.54. The average molecular weight is 358 g/mol. The Morgan fingerprint density at radius 2 is 1.81 bits per heavy atom. The summed E-state index contributed by atoms with van der Waals surface area (Å²) in [4.78, 5) is 0. The summed E-state index contributed by atoms with van der Waals surface area (Å²) in [6, 6.07) is 10.7. The molecule has 2 N–H and O–H groups in total. The van der Waals surface area contributed by atoms with E-state index in [1.54, 1.807) is 24.3 Å². The maximum absolute atomic E-state index is 10.00. The lowest BCUT2D eigenvalue weighted by atomic mass is 9.84. The van der Waals surface area contributed by atoms with Crippen molar-refractivity contribution in [2.24, 2.45) is 5.92 Å². The monoisotopic (exact) mass is 358 g/mol. The zero-order chi connectivity index (χ0) is 18.3. The molecule has 4 rings (SSSR count). The number of hydrogen-bond acceptors (Lipinski definition) is 6. The van der Waals surface area contributed by atoms with Gasteiger partial charge in [-0.3, -0.25) is 0 Å². The van der Waals surface area contributed by atoms with E-state index in [-0.39, 0.29) is 29.1 Å². The summed E-state index contributed by atoms with van der Waals surface area (Å²) in [6.07, 6.45) is 0.539. The highest BCUT2D eigenvalue weighted by atomic mass is 16.6. The van der Waals surface area contributed by atoms with Crippen molar-refractivity contribution in [1.29, 1.82) is 0 Å². The van der Waals surface area contributed by atoms with Gasteiger partial charge >= 0.3 is 0 Å². The van der Waals surface area contributed by atoms with E-state index in [4.69, 9.17) is 18.9 Å². The van der Waals surface area contributed by atoms with Crippen molar-refractivity contribution in [2.75, 3.05) is 27.4 Å². The van der Waals surface area contributed by atoms with Crippen LogP contribution in [-0.4, -0.2) is 43.2 Å². The molecule has 3 atom stereocenters. The van der Waals surface area contributed by atoms with Gasteiger partial charge in [-0.05, 0) is 41.8 Å². The Morgan fingerprint density at radius 3 is 2.46 bits per heavy atom. The van der Waals surface area contributed by atoms with E-state index in [0.29, 0.717) is 24.7 Å². The molecule has 2 heterocycles. The Kier molecular flexibility index (Phi) is 4.17. The van der Waals surface area contributed by atoms with Crippen molar-refractivity contribution in [3.8, 4) is 23.0 Å². The number of aromatic hydroxyl groups is 2. The first kappa shape index (κ1) is 17.0. The molecule has 0 aromatic heterocycles. The molecule has 2 aromatic rings. The number of hydrogen-bond donors (Lipinski definition) is 2. The van der Waals surface area contributed by atoms with Gasteiger partial charge in [0, 0.05) is 5.92 Å². The molecule has 2 aliphatic rings. The SMILES string of the molecule is COc1ccc(C[C@@H]2CO[C@H](c3ccc(O)c(OC)c3)[C@]23CO3)cc1O. The van der Waals surface area contributed by atoms with Gasteiger partial charge in [0.15, 0.2) is 23.0 Å². The molecular weight excluding hydrogens is 336 g/mol. The summed E-state index contributed by atoms with van der Waals surface area (Å²) < 4.78 is 22.2. The Morgan fingerprint density at radius 1 is 1.04 bits per heavy atom. The average Bonchev–Trinajstić information content (AvgIpc) is 3.36. The minimum atomic E-state index is -0.364. The number of phenolic OH excluding ortho intramolecular Hbond substituents is 2. The lowest BCUT2D eigenvalue weighted by Crippen LogP contribution is -2.27. The minimum Gasteiger partial charge on any atom is -0.504 e. The van der Waals surface area contributed by atoms with Crippen LogP contribution in [0.4, 0.5) is 0 Å². The number of ether oxygens (including phenoxy) is 4. The second-order valence-corrected chi connectivity index (χ2v) is 6.80. The minimum absolute atomic E-state index is 0.102. The molecule has 6 nitrogen and oxygen atoms in total. The Labute approximate surface area is 151 Å². The van der Waals surface area contributed by atoms with E-state index < -0.39 is 0 Å². The van der Waals surface area contributed by atoms with E-state index in [0.717, 1.165) is 17.5 Å². The molecule has 2 aromatic carbocycles.